The van der Waals surface area contributed by atoms with Crippen LogP contribution in [0.5, 0.6) is 5.75 Å². The summed E-state index contributed by atoms with van der Waals surface area (Å²) in [7, 11) is 1.63. The number of rotatable bonds is 4. The van der Waals surface area contributed by atoms with E-state index in [4.69, 9.17) is 10.5 Å². The summed E-state index contributed by atoms with van der Waals surface area (Å²) in [5.41, 5.74) is 9.82. The second-order valence-electron chi connectivity index (χ2n) is 2.96. The number of ether oxygens (including phenoxy) is 1. The number of hydrogen-bond acceptors (Lipinski definition) is 4. The number of hydrogen-bond donors (Lipinski definition) is 2. The predicted octanol–water partition coefficient (Wildman–Crippen LogP) is 2.98. The van der Waals surface area contributed by atoms with Crippen molar-refractivity contribution in [2.75, 3.05) is 12.5 Å². The molecule has 0 saturated carbocycles. The van der Waals surface area contributed by atoms with Gasteiger partial charge in [0.2, 0.25) is 0 Å². The van der Waals surface area contributed by atoms with Crippen molar-refractivity contribution in [3.05, 3.63) is 36.5 Å². The third-order valence-electron chi connectivity index (χ3n) is 1.77. The maximum absolute atomic E-state index is 5.23. The fourth-order valence-corrected chi connectivity index (χ4v) is 1.02. The zero-order valence-electron chi connectivity index (χ0n) is 10.9. The molecule has 0 fully saturated rings. The molecule has 0 bridgehead atoms. The molecular weight excluding hydrogens is 214 g/mol. The van der Waals surface area contributed by atoms with Gasteiger partial charge in [-0.1, -0.05) is 19.9 Å². The number of nitrogens with two attached hydrogens (primary N) is 1. The Morgan fingerprint density at radius 3 is 2.71 bits per heavy atom. The lowest BCUT2D eigenvalue weighted by atomic mass is 10.3. The molecule has 0 aliphatic carbocycles. The highest BCUT2D eigenvalue weighted by atomic mass is 16.5. The van der Waals surface area contributed by atoms with E-state index in [1.165, 1.54) is 6.20 Å². The van der Waals surface area contributed by atoms with E-state index in [-0.39, 0.29) is 0 Å². The lowest BCUT2D eigenvalue weighted by Crippen LogP contribution is -1.95. The fraction of sp³-hybridized carbons (Fsp3) is 0.308. The third kappa shape index (κ3) is 6.25. The van der Waals surface area contributed by atoms with E-state index >= 15 is 0 Å². The van der Waals surface area contributed by atoms with Gasteiger partial charge in [-0.3, -0.25) is 5.43 Å². The molecule has 0 aromatic heterocycles. The molecule has 0 amide bonds. The van der Waals surface area contributed by atoms with Gasteiger partial charge in [-0.25, -0.2) is 0 Å². The topological polar surface area (TPSA) is 59.6 Å². The van der Waals surface area contributed by atoms with Crippen LogP contribution in [0.15, 0.2) is 41.6 Å². The summed E-state index contributed by atoms with van der Waals surface area (Å²) < 4.78 is 5.09. The van der Waals surface area contributed by atoms with Crippen LogP contribution in [0.4, 0.5) is 5.69 Å². The number of nitrogens with zero attached hydrogens (tertiary/aromatic N) is 1. The number of methoxy groups -OCH3 is 1. The Morgan fingerprint density at radius 1 is 1.41 bits per heavy atom. The molecule has 1 rings (SSSR count). The summed E-state index contributed by atoms with van der Waals surface area (Å²) in [6.07, 6.45) is 3.17. The minimum absolute atomic E-state index is 0.794. The molecule has 0 heterocycles. The van der Waals surface area contributed by atoms with Gasteiger partial charge in [0.05, 0.1) is 18.5 Å². The van der Waals surface area contributed by atoms with Gasteiger partial charge in [0, 0.05) is 6.07 Å². The second-order valence-corrected chi connectivity index (χ2v) is 2.96. The molecular formula is C13H21N3O. The second kappa shape index (κ2) is 9.27. The fourth-order valence-electron chi connectivity index (χ4n) is 1.02. The Labute approximate surface area is 103 Å². The standard InChI is InChI=1S/C11H15N3O.C2H6/c1-9(6-7-12)13-14-10-4-3-5-11(8-10)15-2;1-2/h3-8,14H,12H2,1-2H3;1-2H3/b7-6+,13-9-;. The van der Waals surface area contributed by atoms with Crippen LogP contribution in [0.25, 0.3) is 0 Å². The summed E-state index contributed by atoms with van der Waals surface area (Å²) in [5, 5.41) is 4.10. The molecule has 3 N–H and O–H groups in total. The lowest BCUT2D eigenvalue weighted by molar-refractivity contribution is 0.415. The van der Waals surface area contributed by atoms with Gasteiger partial charge in [0.15, 0.2) is 0 Å². The molecule has 4 heteroatoms. The molecule has 1 aromatic rings. The average molecular weight is 235 g/mol. The van der Waals surface area contributed by atoms with Gasteiger partial charge < -0.3 is 10.5 Å². The molecule has 0 unspecified atom stereocenters. The largest absolute Gasteiger partial charge is 0.497 e. The van der Waals surface area contributed by atoms with Crippen molar-refractivity contribution in [2.45, 2.75) is 20.8 Å². The highest BCUT2D eigenvalue weighted by Crippen LogP contribution is 2.16. The van der Waals surface area contributed by atoms with Gasteiger partial charge in [-0.2, -0.15) is 5.10 Å². The van der Waals surface area contributed by atoms with Gasteiger partial charge in [-0.15, -0.1) is 0 Å². The average Bonchev–Trinajstić information content (AvgIpc) is 2.39. The van der Waals surface area contributed by atoms with Gasteiger partial charge in [-0.05, 0) is 31.3 Å². The number of nitrogens with one attached hydrogen (secondary N) is 1. The predicted molar refractivity (Wildman–Crippen MR) is 74.4 cm³/mol. The van der Waals surface area contributed by atoms with Gasteiger partial charge in [0.25, 0.3) is 0 Å². The monoisotopic (exact) mass is 235 g/mol. The maximum atomic E-state index is 5.23. The van der Waals surface area contributed by atoms with Crippen LogP contribution in [-0.2, 0) is 0 Å². The van der Waals surface area contributed by atoms with Crippen molar-refractivity contribution in [3.8, 4) is 5.75 Å². The van der Waals surface area contributed by atoms with Crippen molar-refractivity contribution in [1.82, 2.24) is 0 Å². The molecule has 4 nitrogen and oxygen atoms in total. The van der Waals surface area contributed by atoms with Crippen molar-refractivity contribution in [1.29, 1.82) is 0 Å². The first-order valence-corrected chi connectivity index (χ1v) is 5.59. The summed E-state index contributed by atoms with van der Waals surface area (Å²) in [4.78, 5) is 0. The molecule has 0 aliphatic heterocycles. The molecule has 94 valence electrons. The third-order valence-corrected chi connectivity index (χ3v) is 1.77. The first-order chi connectivity index (χ1) is 8.26. The Hall–Kier alpha value is -1.97. The first-order valence-electron chi connectivity index (χ1n) is 5.59. The molecule has 0 saturated heterocycles. The highest BCUT2D eigenvalue weighted by molar-refractivity contribution is 5.93. The zero-order valence-corrected chi connectivity index (χ0v) is 10.9. The minimum atomic E-state index is 0.794. The summed E-state index contributed by atoms with van der Waals surface area (Å²) in [5.74, 6) is 0.794. The highest BCUT2D eigenvalue weighted by Gasteiger charge is 1.93. The van der Waals surface area contributed by atoms with Crippen molar-refractivity contribution in [3.63, 3.8) is 0 Å². The van der Waals surface area contributed by atoms with Gasteiger partial charge >= 0.3 is 0 Å². The van der Waals surface area contributed by atoms with Crippen LogP contribution in [0, 0.1) is 0 Å². The van der Waals surface area contributed by atoms with E-state index in [1.54, 1.807) is 13.2 Å². The Balaban J connectivity index is 0.00000121. The minimum Gasteiger partial charge on any atom is -0.497 e. The van der Waals surface area contributed by atoms with E-state index in [0.717, 1.165) is 17.1 Å². The zero-order chi connectivity index (χ0) is 13.1. The van der Waals surface area contributed by atoms with E-state index in [9.17, 15) is 0 Å². The van der Waals surface area contributed by atoms with E-state index in [2.05, 4.69) is 10.5 Å². The van der Waals surface area contributed by atoms with Crippen LogP contribution >= 0.6 is 0 Å². The van der Waals surface area contributed by atoms with E-state index < -0.39 is 0 Å². The van der Waals surface area contributed by atoms with Crippen LogP contribution in [0.2, 0.25) is 0 Å². The molecule has 0 radical (unpaired) electrons. The van der Waals surface area contributed by atoms with Crippen molar-refractivity contribution < 1.29 is 4.74 Å². The molecule has 17 heavy (non-hydrogen) atoms. The quantitative estimate of drug-likeness (QED) is 0.623. The van der Waals surface area contributed by atoms with E-state index in [1.807, 2.05) is 45.0 Å². The Bertz CT molecular complexity index is 373. The Morgan fingerprint density at radius 2 is 2.12 bits per heavy atom. The first kappa shape index (κ1) is 15.0. The van der Waals surface area contributed by atoms with Crippen LogP contribution in [0.3, 0.4) is 0 Å². The summed E-state index contributed by atoms with van der Waals surface area (Å²) in [6, 6.07) is 7.54. The molecule has 0 aliphatic rings. The van der Waals surface area contributed by atoms with Crippen LogP contribution in [0.1, 0.15) is 20.8 Å². The molecule has 1 aromatic carbocycles. The summed E-state index contributed by atoms with van der Waals surface area (Å²) >= 11 is 0. The Kier molecular flexibility index (Phi) is 8.20. The number of allylic oxidation sites excluding steroid dienone is 1. The summed E-state index contributed by atoms with van der Waals surface area (Å²) in [6.45, 7) is 5.86. The molecule has 0 spiro atoms. The maximum Gasteiger partial charge on any atom is 0.120 e. The van der Waals surface area contributed by atoms with E-state index in [0.29, 0.717) is 0 Å². The van der Waals surface area contributed by atoms with Crippen molar-refractivity contribution in [2.24, 2.45) is 10.8 Å². The SMILES string of the molecule is CC.COc1cccc(N/N=C(C)\C=C\N)c1. The van der Waals surface area contributed by atoms with Crippen LogP contribution in [-0.4, -0.2) is 12.8 Å². The number of benzene rings is 1. The van der Waals surface area contributed by atoms with Gasteiger partial charge in [0.1, 0.15) is 5.75 Å². The van der Waals surface area contributed by atoms with Crippen molar-refractivity contribution >= 4 is 11.4 Å². The normalized spacial score (nSPS) is 10.7. The lowest BCUT2D eigenvalue weighted by Gasteiger charge is -2.03. The number of hydrazone groups is 1. The number of anilines is 1. The molecule has 0 atom stereocenters. The smallest absolute Gasteiger partial charge is 0.120 e. The van der Waals surface area contributed by atoms with Crippen LogP contribution < -0.4 is 15.9 Å².